The number of hydrogen-bond acceptors (Lipinski definition) is 4. The fourth-order valence-corrected chi connectivity index (χ4v) is 4.65. The summed E-state index contributed by atoms with van der Waals surface area (Å²) in [6, 6.07) is 9.45. The molecule has 2 aromatic heterocycles. The van der Waals surface area contributed by atoms with Crippen LogP contribution in [0.5, 0.6) is 0 Å². The number of thiocarbonyl (C=S) groups is 1. The number of hydrogen-bond donors (Lipinski definition) is 1. The van der Waals surface area contributed by atoms with Gasteiger partial charge in [-0.25, -0.2) is 0 Å². The van der Waals surface area contributed by atoms with Crippen molar-refractivity contribution in [3.63, 3.8) is 0 Å². The third-order valence-electron chi connectivity index (χ3n) is 6.10. The average molecular weight is 411 g/mol. The van der Waals surface area contributed by atoms with E-state index in [0.717, 1.165) is 40.2 Å². The Kier molecular flexibility index (Phi) is 5.94. The number of nitrogens with zero attached hydrogens (tertiary/aromatic N) is 5. The van der Waals surface area contributed by atoms with Crippen molar-refractivity contribution >= 4 is 33.9 Å². The molecule has 1 aromatic carbocycles. The molecule has 0 aliphatic heterocycles. The maximum Gasteiger partial charge on any atom is 0.184 e. The van der Waals surface area contributed by atoms with E-state index in [9.17, 15) is 0 Å². The summed E-state index contributed by atoms with van der Waals surface area (Å²) in [5.41, 5.74) is 4.19. The van der Waals surface area contributed by atoms with Crippen molar-refractivity contribution in [2.45, 2.75) is 77.9 Å². The van der Waals surface area contributed by atoms with Crippen LogP contribution in [0.15, 0.2) is 24.3 Å². The molecule has 0 saturated heterocycles. The van der Waals surface area contributed by atoms with Crippen LogP contribution in [0.4, 0.5) is 0 Å². The number of aromatic nitrogens is 4. The topological polar surface area (TPSA) is 58.4 Å². The van der Waals surface area contributed by atoms with Gasteiger partial charge >= 0.3 is 0 Å². The molecule has 1 saturated carbocycles. The lowest BCUT2D eigenvalue weighted by molar-refractivity contribution is 0.233. The first kappa shape index (κ1) is 20.0. The van der Waals surface area contributed by atoms with E-state index in [4.69, 9.17) is 12.2 Å². The number of pyridine rings is 1. The third kappa shape index (κ3) is 4.20. The van der Waals surface area contributed by atoms with Crippen LogP contribution >= 0.6 is 12.2 Å². The minimum Gasteiger partial charge on any atom is -0.360 e. The maximum atomic E-state index is 5.87. The summed E-state index contributed by atoms with van der Waals surface area (Å²) in [6.45, 7) is 7.20. The molecule has 0 unspecified atom stereocenters. The van der Waals surface area contributed by atoms with E-state index >= 15 is 0 Å². The largest absolute Gasteiger partial charge is 0.360 e. The average Bonchev–Trinajstić information content (AvgIpc) is 3.22. The second-order valence-corrected chi connectivity index (χ2v) is 8.71. The highest BCUT2D eigenvalue weighted by molar-refractivity contribution is 7.80. The Bertz CT molecular complexity index is 1010. The lowest BCUT2D eigenvalue weighted by Crippen LogP contribution is -2.48. The molecular weight excluding hydrogens is 380 g/mol. The molecular formula is C22H30N6S. The van der Waals surface area contributed by atoms with E-state index in [1.54, 1.807) is 0 Å². The number of tetrazole rings is 1. The molecule has 0 spiro atoms. The van der Waals surface area contributed by atoms with Gasteiger partial charge in [0, 0.05) is 29.6 Å². The zero-order valence-electron chi connectivity index (χ0n) is 17.6. The lowest BCUT2D eigenvalue weighted by Gasteiger charge is -2.37. The summed E-state index contributed by atoms with van der Waals surface area (Å²) in [6.07, 6.45) is 7.29. The zero-order chi connectivity index (χ0) is 20.4. The Morgan fingerprint density at radius 2 is 2.07 bits per heavy atom. The minimum absolute atomic E-state index is 0.364. The van der Waals surface area contributed by atoms with E-state index in [1.165, 1.54) is 37.7 Å². The van der Waals surface area contributed by atoms with Crippen molar-refractivity contribution in [2.24, 2.45) is 0 Å². The molecule has 1 fully saturated rings. The van der Waals surface area contributed by atoms with Crippen molar-refractivity contribution in [1.29, 1.82) is 0 Å². The van der Waals surface area contributed by atoms with Crippen LogP contribution in [0.25, 0.3) is 16.6 Å². The zero-order valence-corrected chi connectivity index (χ0v) is 18.4. The minimum atomic E-state index is 0.364. The molecule has 0 bridgehead atoms. The van der Waals surface area contributed by atoms with Crippen molar-refractivity contribution in [1.82, 2.24) is 30.3 Å². The first-order valence-electron chi connectivity index (χ1n) is 10.7. The predicted octanol–water partition coefficient (Wildman–Crippen LogP) is 4.39. The van der Waals surface area contributed by atoms with Crippen LogP contribution in [-0.2, 0) is 6.54 Å². The summed E-state index contributed by atoms with van der Waals surface area (Å²) in [5, 5.41) is 18.1. The van der Waals surface area contributed by atoms with Gasteiger partial charge in [0.1, 0.15) is 0 Å². The Morgan fingerprint density at radius 3 is 2.83 bits per heavy atom. The lowest BCUT2D eigenvalue weighted by atomic mass is 9.94. The van der Waals surface area contributed by atoms with Crippen LogP contribution in [0.1, 0.15) is 63.5 Å². The Balaban J connectivity index is 1.72. The Hall–Kier alpha value is -2.28. The fraction of sp³-hybridized carbons (Fsp3) is 0.545. The number of rotatable bonds is 5. The molecule has 4 rings (SSSR count). The van der Waals surface area contributed by atoms with Gasteiger partial charge in [-0.15, -0.1) is 5.10 Å². The van der Waals surface area contributed by atoms with Gasteiger partial charge in [0.15, 0.2) is 10.8 Å². The standard InChI is InChI=1S/C22H30N6S/c1-4-16(3)23-22(29)27(19-8-6-5-7-9-19)14-18-13-17-12-15(2)10-11-20(17)28-21(18)24-25-26-28/h10-13,16,19H,4-9,14H2,1-3H3,(H,23,29)/t16-/m0/s1. The van der Waals surface area contributed by atoms with Gasteiger partial charge in [0.05, 0.1) is 5.52 Å². The van der Waals surface area contributed by atoms with E-state index in [1.807, 2.05) is 4.52 Å². The normalized spacial score (nSPS) is 16.2. The smallest absolute Gasteiger partial charge is 0.184 e. The molecule has 6 nitrogen and oxygen atoms in total. The van der Waals surface area contributed by atoms with Crippen LogP contribution in [-0.4, -0.2) is 42.1 Å². The van der Waals surface area contributed by atoms with Crippen LogP contribution in [0.3, 0.4) is 0 Å². The quantitative estimate of drug-likeness (QED) is 0.630. The number of benzene rings is 1. The highest BCUT2D eigenvalue weighted by atomic mass is 32.1. The molecule has 29 heavy (non-hydrogen) atoms. The first-order chi connectivity index (χ1) is 14.1. The second kappa shape index (κ2) is 8.61. The highest BCUT2D eigenvalue weighted by Gasteiger charge is 2.25. The van der Waals surface area contributed by atoms with Crippen LogP contribution in [0, 0.1) is 6.92 Å². The molecule has 1 N–H and O–H groups in total. The summed E-state index contributed by atoms with van der Waals surface area (Å²) >= 11 is 5.87. The second-order valence-electron chi connectivity index (χ2n) is 8.32. The van der Waals surface area contributed by atoms with Crippen molar-refractivity contribution in [3.05, 3.63) is 35.4 Å². The van der Waals surface area contributed by atoms with Crippen LogP contribution < -0.4 is 5.32 Å². The summed E-state index contributed by atoms with van der Waals surface area (Å²) in [7, 11) is 0. The van der Waals surface area contributed by atoms with Crippen molar-refractivity contribution in [2.75, 3.05) is 0 Å². The number of nitrogens with one attached hydrogen (secondary N) is 1. The van der Waals surface area contributed by atoms with E-state index in [2.05, 4.69) is 70.8 Å². The summed E-state index contributed by atoms with van der Waals surface area (Å²) < 4.78 is 1.86. The number of aryl methyl sites for hydroxylation is 1. The first-order valence-corrected chi connectivity index (χ1v) is 11.1. The van der Waals surface area contributed by atoms with Gasteiger partial charge in [0.2, 0.25) is 0 Å². The van der Waals surface area contributed by atoms with Crippen molar-refractivity contribution < 1.29 is 0 Å². The van der Waals surface area contributed by atoms with Gasteiger partial charge in [-0.2, -0.15) is 4.52 Å². The maximum absolute atomic E-state index is 5.87. The molecule has 1 aliphatic carbocycles. The molecule has 1 atom stereocenters. The van der Waals surface area contributed by atoms with Gasteiger partial charge in [-0.1, -0.05) is 37.8 Å². The van der Waals surface area contributed by atoms with Crippen LogP contribution in [0.2, 0.25) is 0 Å². The van der Waals surface area contributed by atoms with Gasteiger partial charge in [-0.3, -0.25) is 0 Å². The van der Waals surface area contributed by atoms with Gasteiger partial charge < -0.3 is 10.2 Å². The molecule has 1 aliphatic rings. The molecule has 7 heteroatoms. The molecule has 3 aromatic rings. The molecule has 0 amide bonds. The summed E-state index contributed by atoms with van der Waals surface area (Å²) in [5.74, 6) is 0. The fourth-order valence-electron chi connectivity index (χ4n) is 4.24. The SMILES string of the molecule is CC[C@H](C)NC(=S)N(Cc1cc2cc(C)ccc2n2nnnc12)C1CCCCC1. The molecule has 0 radical (unpaired) electrons. The predicted molar refractivity (Wildman–Crippen MR) is 121 cm³/mol. The molecule has 154 valence electrons. The monoisotopic (exact) mass is 410 g/mol. The Labute approximate surface area is 177 Å². The van der Waals surface area contributed by atoms with Gasteiger partial charge in [-0.05, 0) is 74.0 Å². The Morgan fingerprint density at radius 1 is 1.28 bits per heavy atom. The highest BCUT2D eigenvalue weighted by Crippen LogP contribution is 2.27. The third-order valence-corrected chi connectivity index (χ3v) is 6.45. The summed E-state index contributed by atoms with van der Waals surface area (Å²) in [4.78, 5) is 2.38. The van der Waals surface area contributed by atoms with Crippen molar-refractivity contribution in [3.8, 4) is 0 Å². The van der Waals surface area contributed by atoms with E-state index in [0.29, 0.717) is 12.1 Å². The van der Waals surface area contributed by atoms with E-state index < -0.39 is 0 Å². The number of fused-ring (bicyclic) bond motifs is 3. The molecule has 2 heterocycles. The van der Waals surface area contributed by atoms with E-state index in [-0.39, 0.29) is 0 Å². The van der Waals surface area contributed by atoms with Gasteiger partial charge in [0.25, 0.3) is 0 Å².